The molecule has 1 saturated heterocycles. The Morgan fingerprint density at radius 2 is 2.09 bits per heavy atom. The fraction of sp³-hybridized carbons (Fsp3) is 0.500. The van der Waals surface area contributed by atoms with Crippen molar-refractivity contribution in [3.8, 4) is 11.4 Å². The summed E-state index contributed by atoms with van der Waals surface area (Å²) in [5.74, 6) is 0.618. The van der Waals surface area contributed by atoms with Gasteiger partial charge in [0.2, 0.25) is 11.7 Å². The number of halogens is 1. The predicted molar refractivity (Wildman–Crippen MR) is 90.6 cm³/mol. The maximum Gasteiger partial charge on any atom is 0.246 e. The van der Waals surface area contributed by atoms with Gasteiger partial charge in [0, 0.05) is 22.6 Å². The van der Waals surface area contributed by atoms with Crippen LogP contribution < -0.4 is 0 Å². The highest BCUT2D eigenvalue weighted by Crippen LogP contribution is 2.20. The monoisotopic (exact) mass is 377 g/mol. The molecule has 3 rings (SSSR count). The first-order valence-corrected chi connectivity index (χ1v) is 8.80. The molecule has 1 aliphatic heterocycles. The molecular formula is C16H20BrN5O. The van der Waals surface area contributed by atoms with Crippen molar-refractivity contribution in [1.82, 2.24) is 25.1 Å². The van der Waals surface area contributed by atoms with Crippen molar-refractivity contribution in [3.63, 3.8) is 0 Å². The maximum absolute atomic E-state index is 12.5. The molecule has 1 aromatic carbocycles. The summed E-state index contributed by atoms with van der Waals surface area (Å²) in [4.78, 5) is 15.9. The highest BCUT2D eigenvalue weighted by atomic mass is 79.9. The smallest absolute Gasteiger partial charge is 0.246 e. The Balaban J connectivity index is 1.68. The van der Waals surface area contributed by atoms with Crippen LogP contribution in [0.2, 0.25) is 0 Å². The molecule has 0 aliphatic carbocycles. The van der Waals surface area contributed by atoms with Crippen LogP contribution in [-0.4, -0.2) is 43.6 Å². The summed E-state index contributed by atoms with van der Waals surface area (Å²) in [5.41, 5.74) is 0.885. The van der Waals surface area contributed by atoms with Crippen LogP contribution in [-0.2, 0) is 11.3 Å². The van der Waals surface area contributed by atoms with Gasteiger partial charge in [-0.2, -0.15) is 4.80 Å². The molecule has 122 valence electrons. The summed E-state index contributed by atoms with van der Waals surface area (Å²) in [7, 11) is 0. The molecule has 2 aromatic rings. The van der Waals surface area contributed by atoms with Crippen LogP contribution >= 0.6 is 15.9 Å². The number of piperidine rings is 1. The Morgan fingerprint density at radius 3 is 2.83 bits per heavy atom. The summed E-state index contributed by atoms with van der Waals surface area (Å²) in [6.45, 7) is 3.13. The molecular weight excluding hydrogens is 358 g/mol. The van der Waals surface area contributed by atoms with Crippen molar-refractivity contribution in [2.75, 3.05) is 6.54 Å². The van der Waals surface area contributed by atoms with Gasteiger partial charge in [0.25, 0.3) is 0 Å². The zero-order chi connectivity index (χ0) is 16.2. The van der Waals surface area contributed by atoms with Crippen molar-refractivity contribution in [1.29, 1.82) is 0 Å². The van der Waals surface area contributed by atoms with Crippen LogP contribution in [0.15, 0.2) is 28.7 Å². The van der Waals surface area contributed by atoms with Crippen LogP contribution in [0.5, 0.6) is 0 Å². The fourth-order valence-corrected chi connectivity index (χ4v) is 3.25. The van der Waals surface area contributed by atoms with E-state index in [0.717, 1.165) is 35.8 Å². The van der Waals surface area contributed by atoms with Crippen LogP contribution in [0.3, 0.4) is 0 Å². The molecule has 0 N–H and O–H groups in total. The van der Waals surface area contributed by atoms with Crippen LogP contribution in [0.25, 0.3) is 11.4 Å². The topological polar surface area (TPSA) is 63.9 Å². The number of tetrazole rings is 1. The standard InChI is InChI=1S/C16H20BrN5O/c1-2-14-5-3-4-10-21(14)15(23)11-22-19-16(18-20-22)12-6-8-13(17)9-7-12/h6-9,14H,2-5,10-11H2,1H3/t14-/m1/s1. The highest BCUT2D eigenvalue weighted by molar-refractivity contribution is 9.10. The van der Waals surface area contributed by atoms with E-state index < -0.39 is 0 Å². The van der Waals surface area contributed by atoms with Gasteiger partial charge in [-0.1, -0.05) is 22.9 Å². The summed E-state index contributed by atoms with van der Waals surface area (Å²) in [6, 6.07) is 8.06. The van der Waals surface area contributed by atoms with E-state index >= 15 is 0 Å². The lowest BCUT2D eigenvalue weighted by Crippen LogP contribution is -2.45. The Kier molecular flexibility index (Phi) is 5.05. The van der Waals surface area contributed by atoms with Gasteiger partial charge in [-0.05, 0) is 55.2 Å². The third-order valence-corrected chi connectivity index (χ3v) is 4.78. The SMILES string of the molecule is CC[C@@H]1CCCCN1C(=O)Cn1nnc(-c2ccc(Br)cc2)n1. The fourth-order valence-electron chi connectivity index (χ4n) is 2.99. The second kappa shape index (κ2) is 7.21. The number of nitrogens with zero attached hydrogens (tertiary/aromatic N) is 5. The average molecular weight is 378 g/mol. The second-order valence-electron chi connectivity index (χ2n) is 5.80. The normalized spacial score (nSPS) is 18.2. The third kappa shape index (κ3) is 3.77. The molecule has 6 nitrogen and oxygen atoms in total. The Morgan fingerprint density at radius 1 is 1.30 bits per heavy atom. The molecule has 1 aromatic heterocycles. The van der Waals surface area contributed by atoms with Crippen molar-refractivity contribution < 1.29 is 4.79 Å². The lowest BCUT2D eigenvalue weighted by Gasteiger charge is -2.35. The lowest BCUT2D eigenvalue weighted by molar-refractivity contribution is -0.136. The van der Waals surface area contributed by atoms with E-state index in [1.165, 1.54) is 11.2 Å². The van der Waals surface area contributed by atoms with E-state index in [2.05, 4.69) is 38.3 Å². The minimum Gasteiger partial charge on any atom is -0.338 e. The molecule has 2 heterocycles. The third-order valence-electron chi connectivity index (χ3n) is 4.25. The highest BCUT2D eigenvalue weighted by Gasteiger charge is 2.25. The quantitative estimate of drug-likeness (QED) is 0.821. The predicted octanol–water partition coefficient (Wildman–Crippen LogP) is 2.89. The second-order valence-corrected chi connectivity index (χ2v) is 6.71. The first-order chi connectivity index (χ1) is 11.2. The number of carbonyl (C=O) groups excluding carboxylic acids is 1. The van der Waals surface area contributed by atoms with Gasteiger partial charge >= 0.3 is 0 Å². The largest absolute Gasteiger partial charge is 0.338 e. The number of carbonyl (C=O) groups is 1. The average Bonchev–Trinajstić information content (AvgIpc) is 3.04. The van der Waals surface area contributed by atoms with Crippen molar-refractivity contribution in [3.05, 3.63) is 28.7 Å². The number of hydrogen-bond donors (Lipinski definition) is 0. The van der Waals surface area contributed by atoms with Gasteiger partial charge in [-0.3, -0.25) is 4.79 Å². The molecule has 0 bridgehead atoms. The first-order valence-electron chi connectivity index (χ1n) is 8.00. The van der Waals surface area contributed by atoms with Gasteiger partial charge in [0.05, 0.1) is 0 Å². The van der Waals surface area contributed by atoms with Gasteiger partial charge in [-0.25, -0.2) is 0 Å². The molecule has 1 amide bonds. The minimum atomic E-state index is 0.0799. The van der Waals surface area contributed by atoms with E-state index in [1.54, 1.807) is 0 Å². The summed E-state index contributed by atoms with van der Waals surface area (Å²) >= 11 is 3.40. The molecule has 1 aliphatic rings. The summed E-state index contributed by atoms with van der Waals surface area (Å²) < 4.78 is 1.000. The zero-order valence-electron chi connectivity index (χ0n) is 13.2. The Bertz CT molecular complexity index is 669. The van der Waals surface area contributed by atoms with Crippen LogP contribution in [0, 0.1) is 0 Å². The molecule has 0 spiro atoms. The number of benzene rings is 1. The number of aromatic nitrogens is 4. The molecule has 7 heteroatoms. The Hall–Kier alpha value is -1.76. The van der Waals surface area contributed by atoms with Crippen LogP contribution in [0.4, 0.5) is 0 Å². The molecule has 0 saturated carbocycles. The lowest BCUT2D eigenvalue weighted by atomic mass is 10.00. The molecule has 23 heavy (non-hydrogen) atoms. The maximum atomic E-state index is 12.5. The van der Waals surface area contributed by atoms with Gasteiger partial charge < -0.3 is 4.90 Å². The van der Waals surface area contributed by atoms with E-state index in [0.29, 0.717) is 11.9 Å². The summed E-state index contributed by atoms with van der Waals surface area (Å²) in [5, 5.41) is 12.4. The molecule has 0 unspecified atom stereocenters. The number of amides is 1. The molecule has 1 atom stereocenters. The van der Waals surface area contributed by atoms with Gasteiger partial charge in [-0.15, -0.1) is 10.2 Å². The Labute approximate surface area is 144 Å². The molecule has 0 radical (unpaired) electrons. The summed E-state index contributed by atoms with van der Waals surface area (Å²) in [6.07, 6.45) is 4.38. The minimum absolute atomic E-state index is 0.0799. The number of hydrogen-bond acceptors (Lipinski definition) is 4. The van der Waals surface area contributed by atoms with E-state index in [1.807, 2.05) is 29.2 Å². The number of likely N-dealkylation sites (tertiary alicyclic amines) is 1. The van der Waals surface area contributed by atoms with Crippen molar-refractivity contribution >= 4 is 21.8 Å². The van der Waals surface area contributed by atoms with E-state index in [9.17, 15) is 4.79 Å². The van der Waals surface area contributed by atoms with E-state index in [-0.39, 0.29) is 12.5 Å². The van der Waals surface area contributed by atoms with Crippen LogP contribution in [0.1, 0.15) is 32.6 Å². The molecule has 1 fully saturated rings. The van der Waals surface area contributed by atoms with E-state index in [4.69, 9.17) is 0 Å². The first kappa shape index (κ1) is 16.1. The van der Waals surface area contributed by atoms with Gasteiger partial charge in [0.15, 0.2) is 0 Å². The van der Waals surface area contributed by atoms with Crippen molar-refractivity contribution in [2.24, 2.45) is 0 Å². The number of rotatable bonds is 4. The zero-order valence-corrected chi connectivity index (χ0v) is 14.7. The van der Waals surface area contributed by atoms with Gasteiger partial charge in [0.1, 0.15) is 6.54 Å². The van der Waals surface area contributed by atoms with Crippen molar-refractivity contribution in [2.45, 2.75) is 45.2 Å².